The molecule has 0 aliphatic heterocycles. The summed E-state index contributed by atoms with van der Waals surface area (Å²) in [5.74, 6) is -12.9. The van der Waals surface area contributed by atoms with Crippen molar-refractivity contribution < 1.29 is 43.7 Å². The fourth-order valence-corrected chi connectivity index (χ4v) is 3.28. The van der Waals surface area contributed by atoms with Crippen molar-refractivity contribution in [1.29, 1.82) is 0 Å². The molecule has 0 atom stereocenters. The van der Waals surface area contributed by atoms with Gasteiger partial charge < -0.3 is 0 Å². The van der Waals surface area contributed by atoms with Gasteiger partial charge in [0.25, 0.3) is 0 Å². The zero-order valence-corrected chi connectivity index (χ0v) is 17.6. The van der Waals surface area contributed by atoms with Crippen molar-refractivity contribution in [3.8, 4) is 0 Å². The van der Waals surface area contributed by atoms with Crippen LogP contribution in [0.5, 0.6) is 0 Å². The molecule has 0 N–H and O–H groups in total. The number of hydrogen-bond acceptors (Lipinski definition) is 10. The fourth-order valence-electron chi connectivity index (χ4n) is 1.74. The van der Waals surface area contributed by atoms with E-state index in [0.29, 0.717) is 0 Å². The van der Waals surface area contributed by atoms with E-state index in [1.807, 2.05) is 0 Å². The first kappa shape index (κ1) is 22.9. The van der Waals surface area contributed by atoms with Gasteiger partial charge in [0.2, 0.25) is 0 Å². The maximum atomic E-state index is 11.6. The summed E-state index contributed by atoms with van der Waals surface area (Å²) in [7, 11) is 0. The van der Waals surface area contributed by atoms with Crippen LogP contribution < -0.4 is 0 Å². The normalized spacial score (nSPS) is 10.2. The van der Waals surface area contributed by atoms with E-state index in [1.54, 1.807) is 0 Å². The standard InChI is InChI=1S/2C7H8O5.Pb/c2*1-3(8)5(4(2)9)6(10)7(11)12;/h2*5H,1-2H3,(H,11,12);/q;;+2/p-2. The van der Waals surface area contributed by atoms with E-state index in [1.165, 1.54) is 0 Å². The van der Waals surface area contributed by atoms with E-state index < -0.39 is 83.6 Å². The van der Waals surface area contributed by atoms with E-state index in [-0.39, 0.29) is 0 Å². The van der Waals surface area contributed by atoms with Crippen LogP contribution in [0.2, 0.25) is 0 Å². The summed E-state index contributed by atoms with van der Waals surface area (Å²) >= 11 is -3.05. The molecular weight excluding hydrogens is 535 g/mol. The first-order chi connectivity index (χ1) is 11.4. The quantitative estimate of drug-likeness (QED) is 0.176. The molecule has 10 nitrogen and oxygen atoms in total. The van der Waals surface area contributed by atoms with Crippen LogP contribution in [0.1, 0.15) is 27.7 Å². The summed E-state index contributed by atoms with van der Waals surface area (Å²) in [6, 6.07) is 0. The third kappa shape index (κ3) is 6.72. The van der Waals surface area contributed by atoms with Crippen LogP contribution in [0, 0.1) is 11.8 Å². The molecule has 0 saturated heterocycles. The molecule has 0 aliphatic carbocycles. The van der Waals surface area contributed by atoms with Gasteiger partial charge in [-0.05, 0) is 0 Å². The third-order valence-electron chi connectivity index (χ3n) is 2.82. The van der Waals surface area contributed by atoms with Gasteiger partial charge in [-0.15, -0.1) is 0 Å². The van der Waals surface area contributed by atoms with Crippen LogP contribution in [0.3, 0.4) is 0 Å². The minimum absolute atomic E-state index is 0.847. The first-order valence-corrected chi connectivity index (χ1v) is 9.86. The Hall–Kier alpha value is -2.12. The van der Waals surface area contributed by atoms with Crippen molar-refractivity contribution in [1.82, 2.24) is 0 Å². The van der Waals surface area contributed by atoms with Gasteiger partial charge in [-0.3, -0.25) is 0 Å². The van der Waals surface area contributed by atoms with E-state index in [2.05, 4.69) is 5.37 Å². The van der Waals surface area contributed by atoms with Crippen LogP contribution in [0.4, 0.5) is 0 Å². The van der Waals surface area contributed by atoms with E-state index >= 15 is 0 Å². The predicted molar refractivity (Wildman–Crippen MR) is 77.7 cm³/mol. The molecule has 134 valence electrons. The Morgan fingerprint density at radius 1 is 0.560 bits per heavy atom. The fraction of sp³-hybridized carbons (Fsp3) is 0.429. The van der Waals surface area contributed by atoms with Crippen molar-refractivity contribution in [2.45, 2.75) is 27.7 Å². The first-order valence-electron chi connectivity index (χ1n) is 6.68. The molecule has 0 saturated carbocycles. The second kappa shape index (κ2) is 10.0. The zero-order valence-electron chi connectivity index (χ0n) is 13.7. The molecule has 0 aromatic carbocycles. The Bertz CT molecular complexity index is 579. The third-order valence-corrected chi connectivity index (χ3v) is 4.91. The Labute approximate surface area is 155 Å². The number of rotatable bonds is 10. The van der Waals surface area contributed by atoms with E-state index in [4.69, 9.17) is 0 Å². The topological polar surface area (TPSA) is 155 Å². The Morgan fingerprint density at radius 2 is 0.800 bits per heavy atom. The Morgan fingerprint density at radius 3 is 1.00 bits per heavy atom. The van der Waals surface area contributed by atoms with Gasteiger partial charge in [-0.25, -0.2) is 0 Å². The maximum absolute atomic E-state index is 11.6. The summed E-state index contributed by atoms with van der Waals surface area (Å²) in [6.45, 7) is 3.78. The Kier molecular flexibility index (Phi) is 9.16. The van der Waals surface area contributed by atoms with Gasteiger partial charge in [-0.2, -0.15) is 0 Å². The summed E-state index contributed by atoms with van der Waals surface area (Å²) in [5, 5.41) is 0. The van der Waals surface area contributed by atoms with Gasteiger partial charge >= 0.3 is 155 Å². The molecule has 0 fully saturated rings. The average Bonchev–Trinajstić information content (AvgIpc) is 2.44. The number of carbonyl (C=O) groups is 8. The van der Waals surface area contributed by atoms with Gasteiger partial charge in [-0.1, -0.05) is 0 Å². The van der Waals surface area contributed by atoms with Crippen molar-refractivity contribution in [3.05, 3.63) is 0 Å². The van der Waals surface area contributed by atoms with Crippen LogP contribution >= 0.6 is 0 Å². The van der Waals surface area contributed by atoms with Crippen LogP contribution in [0.25, 0.3) is 0 Å². The number of Topliss-reactive ketones (excluding diaryl/α,β-unsaturated/α-hetero) is 6. The molecule has 0 aromatic heterocycles. The molecular formula is C14H14O10Pb. The van der Waals surface area contributed by atoms with Crippen LogP contribution in [-0.4, -0.2) is 71.8 Å². The van der Waals surface area contributed by atoms with Gasteiger partial charge in [0, 0.05) is 0 Å². The van der Waals surface area contributed by atoms with Crippen molar-refractivity contribution in [2.75, 3.05) is 0 Å². The van der Waals surface area contributed by atoms with Crippen LogP contribution in [0.15, 0.2) is 0 Å². The van der Waals surface area contributed by atoms with Gasteiger partial charge in [0.15, 0.2) is 0 Å². The number of ketones is 6. The molecule has 25 heavy (non-hydrogen) atoms. The van der Waals surface area contributed by atoms with E-state index in [9.17, 15) is 38.4 Å². The zero-order chi connectivity index (χ0) is 19.9. The predicted octanol–water partition coefficient (Wildman–Crippen LogP) is -1.67. The van der Waals surface area contributed by atoms with Crippen molar-refractivity contribution in [3.63, 3.8) is 0 Å². The molecule has 2 radical (unpaired) electrons. The van der Waals surface area contributed by atoms with Gasteiger partial charge in [0.05, 0.1) is 0 Å². The SMILES string of the molecule is CC(=O)C(C(C)=O)C(=O)C(=O)[O][Pb][O]C(=O)C(=O)C(C(C)=O)C(C)=O. The summed E-state index contributed by atoms with van der Waals surface area (Å²) in [4.78, 5) is 91.0. The summed E-state index contributed by atoms with van der Waals surface area (Å²) < 4.78 is 8.89. The molecule has 0 spiro atoms. The average molecular weight is 549 g/mol. The van der Waals surface area contributed by atoms with Crippen molar-refractivity contribution >= 4 is 71.8 Å². The Balaban J connectivity index is 4.75. The monoisotopic (exact) mass is 550 g/mol. The molecule has 0 aromatic rings. The molecule has 11 heteroatoms. The molecule has 0 bridgehead atoms. The van der Waals surface area contributed by atoms with E-state index in [0.717, 1.165) is 27.7 Å². The molecule has 0 heterocycles. The second-order valence-electron chi connectivity index (χ2n) is 4.90. The summed E-state index contributed by atoms with van der Waals surface area (Å²) in [6.07, 6.45) is 0. The number of carbonyl (C=O) groups excluding carboxylic acids is 8. The van der Waals surface area contributed by atoms with Crippen LogP contribution in [-0.2, 0) is 43.7 Å². The molecule has 0 amide bonds. The van der Waals surface area contributed by atoms with Gasteiger partial charge in [0.1, 0.15) is 0 Å². The minimum atomic E-state index is -3.05. The molecule has 0 rings (SSSR count). The summed E-state index contributed by atoms with van der Waals surface area (Å²) in [5.41, 5.74) is 0. The number of hydrogen-bond donors (Lipinski definition) is 0. The van der Waals surface area contributed by atoms with Crippen molar-refractivity contribution in [2.24, 2.45) is 11.8 Å². The molecule has 0 unspecified atom stereocenters. The second-order valence-corrected chi connectivity index (χ2v) is 7.13. The molecule has 0 aliphatic rings.